The Morgan fingerprint density at radius 3 is 2.30 bits per heavy atom. The van der Waals surface area contributed by atoms with E-state index in [9.17, 15) is 31.5 Å². The van der Waals surface area contributed by atoms with Gasteiger partial charge < -0.3 is 15.7 Å². The van der Waals surface area contributed by atoms with Crippen LogP contribution in [0, 0.1) is 17.5 Å². The van der Waals surface area contributed by atoms with E-state index in [1.54, 1.807) is 0 Å². The minimum absolute atomic E-state index is 0.0519. The predicted octanol–water partition coefficient (Wildman–Crippen LogP) is 4.73. The lowest BCUT2D eigenvalue weighted by Crippen LogP contribution is -2.48. The highest BCUT2D eigenvalue weighted by molar-refractivity contribution is 7.89. The minimum atomic E-state index is -3.66. The Kier molecular flexibility index (Phi) is 11.1. The molecule has 12 heteroatoms. The van der Waals surface area contributed by atoms with Gasteiger partial charge in [0.15, 0.2) is 9.84 Å². The van der Waals surface area contributed by atoms with Crippen molar-refractivity contribution >= 4 is 27.1 Å². The summed E-state index contributed by atoms with van der Waals surface area (Å²) in [7, 11) is -3.66. The minimum Gasteiger partial charge on any atom is -0.390 e. The van der Waals surface area contributed by atoms with Gasteiger partial charge in [-0.15, -0.1) is 11.3 Å². The molecule has 0 radical (unpaired) electrons. The number of amides is 1. The van der Waals surface area contributed by atoms with Gasteiger partial charge in [-0.1, -0.05) is 43.3 Å². The van der Waals surface area contributed by atoms with E-state index in [1.165, 1.54) is 35.2 Å². The maximum absolute atomic E-state index is 13.9. The average Bonchev–Trinajstić information content (AvgIpc) is 3.41. The van der Waals surface area contributed by atoms with Crippen LogP contribution in [0.2, 0.25) is 0 Å². The molecule has 1 amide bonds. The number of benzene rings is 3. The highest BCUT2D eigenvalue weighted by Crippen LogP contribution is 2.18. The second kappa shape index (κ2) is 14.7. The summed E-state index contributed by atoms with van der Waals surface area (Å²) in [5.41, 5.74) is 2.80. The number of sulfone groups is 1. The third-order valence-electron chi connectivity index (χ3n) is 6.67. The van der Waals surface area contributed by atoms with Crippen LogP contribution in [0.25, 0.3) is 0 Å². The molecular formula is C31H32F3N3O4S2. The van der Waals surface area contributed by atoms with Gasteiger partial charge in [0.1, 0.15) is 33.9 Å². The van der Waals surface area contributed by atoms with E-state index >= 15 is 0 Å². The molecule has 43 heavy (non-hydrogen) atoms. The molecule has 4 rings (SSSR count). The Morgan fingerprint density at radius 2 is 1.60 bits per heavy atom. The molecule has 0 aliphatic heterocycles. The molecule has 0 bridgehead atoms. The third kappa shape index (κ3) is 9.99. The fourth-order valence-corrected chi connectivity index (χ4v) is 7.14. The molecule has 0 saturated carbocycles. The van der Waals surface area contributed by atoms with Crippen molar-refractivity contribution in [1.29, 1.82) is 0 Å². The summed E-state index contributed by atoms with van der Waals surface area (Å²) in [5.74, 6) is -3.44. The molecule has 3 aromatic carbocycles. The number of carbonyl (C=O) groups excluding carboxylic acids is 1. The molecule has 228 valence electrons. The van der Waals surface area contributed by atoms with Crippen molar-refractivity contribution in [1.82, 2.24) is 15.6 Å². The maximum atomic E-state index is 13.9. The van der Waals surface area contributed by atoms with Gasteiger partial charge in [-0.05, 0) is 59.4 Å². The summed E-state index contributed by atoms with van der Waals surface area (Å²) in [6.07, 6.45) is -0.330. The first kappa shape index (κ1) is 32.3. The molecule has 0 saturated heterocycles. The van der Waals surface area contributed by atoms with Gasteiger partial charge in [-0.25, -0.2) is 26.6 Å². The monoisotopic (exact) mass is 631 g/mol. The lowest BCUT2D eigenvalue weighted by molar-refractivity contribution is 0.0825. The van der Waals surface area contributed by atoms with Gasteiger partial charge in [0, 0.05) is 24.5 Å². The number of aryl methyl sites for hydroxylation is 1. The molecule has 0 aliphatic rings. The number of aliphatic hydroxyl groups excluding tert-OH is 1. The number of rotatable bonds is 14. The van der Waals surface area contributed by atoms with E-state index in [0.29, 0.717) is 12.1 Å². The Balaban J connectivity index is 1.43. The number of aromatic nitrogens is 1. The lowest BCUT2D eigenvalue weighted by atomic mass is 10.00. The first-order chi connectivity index (χ1) is 20.5. The fraction of sp³-hybridized carbons (Fsp3) is 0.290. The SMILES string of the molecule is CCc1cccc(CNC[C@H](O)[C@H](Cc2cc(F)cc(F)c2)NC(=O)c2csc(CS(=O)(=O)Cc3ccc(F)cc3)n2)c1. The number of hydrogen-bond donors (Lipinski definition) is 3. The summed E-state index contributed by atoms with van der Waals surface area (Å²) in [6, 6.07) is 15.2. The van der Waals surface area contributed by atoms with Gasteiger partial charge >= 0.3 is 0 Å². The smallest absolute Gasteiger partial charge is 0.271 e. The lowest BCUT2D eigenvalue weighted by Gasteiger charge is -2.24. The molecule has 7 nitrogen and oxygen atoms in total. The van der Waals surface area contributed by atoms with Crippen molar-refractivity contribution in [2.24, 2.45) is 0 Å². The first-order valence-electron chi connectivity index (χ1n) is 13.6. The van der Waals surface area contributed by atoms with E-state index in [-0.39, 0.29) is 35.0 Å². The van der Waals surface area contributed by atoms with Crippen molar-refractivity contribution in [2.75, 3.05) is 6.54 Å². The zero-order chi connectivity index (χ0) is 31.0. The van der Waals surface area contributed by atoms with E-state index in [0.717, 1.165) is 41.5 Å². The molecule has 0 unspecified atom stereocenters. The van der Waals surface area contributed by atoms with Crippen LogP contribution in [0.5, 0.6) is 0 Å². The molecule has 3 N–H and O–H groups in total. The second-order valence-corrected chi connectivity index (χ2v) is 13.2. The largest absolute Gasteiger partial charge is 0.390 e. The van der Waals surface area contributed by atoms with Crippen LogP contribution in [0.15, 0.2) is 72.1 Å². The van der Waals surface area contributed by atoms with Crippen molar-refractivity contribution < 1.29 is 31.5 Å². The Labute approximate surface area is 252 Å². The number of thiazole rings is 1. The number of halogens is 3. The molecule has 1 heterocycles. The van der Waals surface area contributed by atoms with Gasteiger partial charge in [0.05, 0.1) is 17.9 Å². The van der Waals surface area contributed by atoms with Crippen molar-refractivity contribution in [3.05, 3.63) is 123 Å². The fourth-order valence-electron chi connectivity index (χ4n) is 4.53. The van der Waals surface area contributed by atoms with E-state index in [1.807, 2.05) is 24.3 Å². The molecule has 1 aromatic heterocycles. The van der Waals surface area contributed by atoms with Crippen molar-refractivity contribution in [2.45, 2.75) is 50.0 Å². The Hall–Kier alpha value is -3.58. The number of aliphatic hydroxyl groups is 1. The maximum Gasteiger partial charge on any atom is 0.271 e. The Morgan fingerprint density at radius 1 is 0.907 bits per heavy atom. The summed E-state index contributed by atoms with van der Waals surface area (Å²) in [5, 5.41) is 18.5. The highest BCUT2D eigenvalue weighted by atomic mass is 32.2. The molecule has 0 fully saturated rings. The number of nitrogens with zero attached hydrogens (tertiary/aromatic N) is 1. The third-order valence-corrected chi connectivity index (χ3v) is 9.19. The summed E-state index contributed by atoms with van der Waals surface area (Å²) in [6.45, 7) is 2.59. The first-order valence-corrected chi connectivity index (χ1v) is 16.3. The van der Waals surface area contributed by atoms with Gasteiger partial charge in [0.25, 0.3) is 5.91 Å². The predicted molar refractivity (Wildman–Crippen MR) is 160 cm³/mol. The van der Waals surface area contributed by atoms with Crippen LogP contribution in [0.4, 0.5) is 13.2 Å². The van der Waals surface area contributed by atoms with Gasteiger partial charge in [0.2, 0.25) is 0 Å². The van der Waals surface area contributed by atoms with Gasteiger partial charge in [-0.3, -0.25) is 4.79 Å². The molecular weight excluding hydrogens is 599 g/mol. The number of carbonyl (C=O) groups is 1. The van der Waals surface area contributed by atoms with Crippen LogP contribution in [-0.4, -0.2) is 43.1 Å². The summed E-state index contributed by atoms with van der Waals surface area (Å²) >= 11 is 0.990. The van der Waals surface area contributed by atoms with Crippen LogP contribution in [0.1, 0.15) is 44.7 Å². The average molecular weight is 632 g/mol. The zero-order valence-corrected chi connectivity index (χ0v) is 25.0. The second-order valence-electron chi connectivity index (χ2n) is 10.2. The highest BCUT2D eigenvalue weighted by Gasteiger charge is 2.25. The van der Waals surface area contributed by atoms with E-state index in [4.69, 9.17) is 0 Å². The quantitative estimate of drug-likeness (QED) is 0.186. The number of hydrogen-bond acceptors (Lipinski definition) is 7. The van der Waals surface area contributed by atoms with E-state index in [2.05, 4.69) is 22.5 Å². The molecule has 0 aliphatic carbocycles. The Bertz CT molecular complexity index is 1630. The summed E-state index contributed by atoms with van der Waals surface area (Å²) in [4.78, 5) is 17.3. The van der Waals surface area contributed by atoms with Crippen molar-refractivity contribution in [3.63, 3.8) is 0 Å². The zero-order valence-electron chi connectivity index (χ0n) is 23.4. The van der Waals surface area contributed by atoms with Gasteiger partial charge in [-0.2, -0.15) is 0 Å². The standard InChI is InChI=1S/C31H32F3N3O4S2/c1-2-20-4-3-5-22(10-20)15-35-16-29(38)27(13-23-11-25(33)14-26(34)12-23)37-31(39)28-17-42-30(36-28)19-43(40,41)18-21-6-8-24(32)9-7-21/h3-12,14,17,27,29,35,38H,2,13,15-16,18-19H2,1H3,(H,37,39)/t27-,29-/m0/s1. The van der Waals surface area contributed by atoms with E-state index < -0.39 is 51.1 Å². The van der Waals surface area contributed by atoms with Crippen LogP contribution >= 0.6 is 11.3 Å². The normalized spacial score (nSPS) is 13.0. The van der Waals surface area contributed by atoms with Crippen LogP contribution in [-0.2, 0) is 40.7 Å². The molecule has 4 aromatic rings. The molecule has 2 atom stereocenters. The van der Waals surface area contributed by atoms with Crippen LogP contribution in [0.3, 0.4) is 0 Å². The summed E-state index contributed by atoms with van der Waals surface area (Å²) < 4.78 is 66.2. The van der Waals surface area contributed by atoms with Crippen molar-refractivity contribution in [3.8, 4) is 0 Å². The number of nitrogens with one attached hydrogen (secondary N) is 2. The molecule has 0 spiro atoms. The topological polar surface area (TPSA) is 108 Å². The van der Waals surface area contributed by atoms with Crippen LogP contribution < -0.4 is 10.6 Å².